The highest BCUT2D eigenvalue weighted by Gasteiger charge is 2.36. The van der Waals surface area contributed by atoms with Crippen molar-refractivity contribution in [3.63, 3.8) is 0 Å². The molecule has 0 radical (unpaired) electrons. The van der Waals surface area contributed by atoms with Crippen molar-refractivity contribution in [2.24, 2.45) is 5.92 Å². The fourth-order valence-electron chi connectivity index (χ4n) is 4.12. The van der Waals surface area contributed by atoms with E-state index in [1.54, 1.807) is 18.2 Å². The zero-order valence-electron chi connectivity index (χ0n) is 18.4. The lowest BCUT2D eigenvalue weighted by Gasteiger charge is -2.25. The van der Waals surface area contributed by atoms with Crippen molar-refractivity contribution in [2.75, 3.05) is 6.54 Å². The molecule has 1 saturated carbocycles. The summed E-state index contributed by atoms with van der Waals surface area (Å²) >= 11 is 0.881. The van der Waals surface area contributed by atoms with Crippen LogP contribution in [0.1, 0.15) is 43.2 Å². The van der Waals surface area contributed by atoms with Gasteiger partial charge in [-0.25, -0.2) is 0 Å². The fraction of sp³-hybridized carbons (Fsp3) is 0.333. The predicted molar refractivity (Wildman–Crippen MR) is 124 cm³/mol. The van der Waals surface area contributed by atoms with Gasteiger partial charge in [-0.1, -0.05) is 31.4 Å². The third kappa shape index (κ3) is 5.84. The second kappa shape index (κ2) is 10.1. The lowest BCUT2D eigenvalue weighted by molar-refractivity contribution is -0.385. The summed E-state index contributed by atoms with van der Waals surface area (Å²) in [5.74, 6) is -0.163. The minimum absolute atomic E-state index is 0.162. The van der Waals surface area contributed by atoms with Crippen molar-refractivity contribution in [3.8, 4) is 11.5 Å². The van der Waals surface area contributed by atoms with E-state index in [0.717, 1.165) is 43.5 Å². The van der Waals surface area contributed by atoms with Crippen LogP contribution in [-0.2, 0) is 11.0 Å². The molecule has 2 aromatic carbocycles. The van der Waals surface area contributed by atoms with Crippen LogP contribution in [0, 0.1) is 16.0 Å². The van der Waals surface area contributed by atoms with Gasteiger partial charge in [-0.05, 0) is 66.4 Å². The van der Waals surface area contributed by atoms with Crippen LogP contribution in [0.25, 0.3) is 6.08 Å². The van der Waals surface area contributed by atoms with Crippen LogP contribution in [0.4, 0.5) is 23.7 Å². The van der Waals surface area contributed by atoms with Gasteiger partial charge in [-0.3, -0.25) is 24.6 Å². The highest BCUT2D eigenvalue weighted by atomic mass is 32.2. The largest absolute Gasteiger partial charge is 0.450 e. The van der Waals surface area contributed by atoms with Crippen LogP contribution in [0.15, 0.2) is 47.4 Å². The number of nitro benzene ring substituents is 1. The molecule has 0 unspecified atom stereocenters. The number of imide groups is 1. The minimum atomic E-state index is -4.72. The first-order valence-electron chi connectivity index (χ1n) is 11.0. The molecule has 4 rings (SSSR count). The van der Waals surface area contributed by atoms with E-state index in [9.17, 15) is 32.9 Å². The number of amides is 2. The summed E-state index contributed by atoms with van der Waals surface area (Å²) < 4.78 is 44.1. The molecule has 0 atom stereocenters. The molecule has 2 aromatic rings. The molecule has 1 saturated heterocycles. The molecule has 2 aliphatic rings. The number of benzene rings is 2. The Morgan fingerprint density at radius 1 is 1.09 bits per heavy atom. The molecule has 0 bridgehead atoms. The Morgan fingerprint density at radius 2 is 1.77 bits per heavy atom. The number of nitrogens with zero attached hydrogens (tertiary/aromatic N) is 2. The van der Waals surface area contributed by atoms with Crippen molar-refractivity contribution >= 4 is 34.7 Å². The van der Waals surface area contributed by atoms with E-state index in [1.807, 2.05) is 0 Å². The predicted octanol–water partition coefficient (Wildman–Crippen LogP) is 7.02. The van der Waals surface area contributed by atoms with E-state index in [0.29, 0.717) is 35.1 Å². The average Bonchev–Trinajstić information content (AvgIpc) is 3.07. The Morgan fingerprint density at radius 3 is 2.40 bits per heavy atom. The highest BCUT2D eigenvalue weighted by molar-refractivity contribution is 8.18. The summed E-state index contributed by atoms with van der Waals surface area (Å²) in [5, 5.41) is 10.9. The molecule has 35 heavy (non-hydrogen) atoms. The molecule has 0 N–H and O–H groups in total. The van der Waals surface area contributed by atoms with Gasteiger partial charge in [0.1, 0.15) is 5.75 Å². The van der Waals surface area contributed by atoms with Crippen LogP contribution in [0.3, 0.4) is 0 Å². The van der Waals surface area contributed by atoms with Crippen LogP contribution in [0.2, 0.25) is 0 Å². The summed E-state index contributed by atoms with van der Waals surface area (Å²) in [5.41, 5.74) is -1.36. The first-order valence-corrected chi connectivity index (χ1v) is 11.8. The second-order valence-electron chi connectivity index (χ2n) is 8.40. The second-order valence-corrected chi connectivity index (χ2v) is 9.40. The van der Waals surface area contributed by atoms with E-state index in [2.05, 4.69) is 0 Å². The zero-order valence-corrected chi connectivity index (χ0v) is 19.2. The Balaban J connectivity index is 1.46. The molecule has 11 heteroatoms. The van der Waals surface area contributed by atoms with Gasteiger partial charge in [0.2, 0.25) is 5.75 Å². The van der Waals surface area contributed by atoms with Crippen molar-refractivity contribution in [1.29, 1.82) is 0 Å². The van der Waals surface area contributed by atoms with Crippen molar-refractivity contribution < 1.29 is 32.4 Å². The fourth-order valence-corrected chi connectivity index (χ4v) is 4.97. The van der Waals surface area contributed by atoms with Gasteiger partial charge in [-0.2, -0.15) is 13.2 Å². The van der Waals surface area contributed by atoms with Crippen LogP contribution in [-0.4, -0.2) is 27.5 Å². The first kappa shape index (κ1) is 24.8. The number of carbonyl (C=O) groups excluding carboxylic acids is 2. The summed E-state index contributed by atoms with van der Waals surface area (Å²) in [4.78, 5) is 37.0. The molecule has 0 aromatic heterocycles. The minimum Gasteiger partial charge on any atom is -0.450 e. The van der Waals surface area contributed by atoms with E-state index < -0.39 is 22.4 Å². The monoisotopic (exact) mass is 506 g/mol. The number of hydrogen-bond donors (Lipinski definition) is 0. The molecule has 7 nitrogen and oxygen atoms in total. The van der Waals surface area contributed by atoms with Gasteiger partial charge in [0, 0.05) is 12.6 Å². The lowest BCUT2D eigenvalue weighted by atomic mass is 9.89. The number of alkyl halides is 3. The molecular weight excluding hydrogens is 485 g/mol. The van der Waals surface area contributed by atoms with Crippen LogP contribution < -0.4 is 4.74 Å². The number of carbonyl (C=O) groups is 2. The molecule has 0 spiro atoms. The average molecular weight is 507 g/mol. The van der Waals surface area contributed by atoms with E-state index >= 15 is 0 Å². The maximum atomic E-state index is 12.9. The number of halogens is 3. The Bertz CT molecular complexity index is 1170. The molecule has 1 heterocycles. The van der Waals surface area contributed by atoms with Crippen molar-refractivity contribution in [3.05, 3.63) is 68.6 Å². The molecular formula is C24H21F3N2O5S. The van der Waals surface area contributed by atoms with Crippen molar-refractivity contribution in [1.82, 2.24) is 4.90 Å². The van der Waals surface area contributed by atoms with Gasteiger partial charge < -0.3 is 4.74 Å². The van der Waals surface area contributed by atoms with Gasteiger partial charge in [0.05, 0.1) is 15.4 Å². The van der Waals surface area contributed by atoms with Crippen molar-refractivity contribution in [2.45, 2.75) is 38.3 Å². The molecule has 1 aliphatic heterocycles. The number of ether oxygens (including phenoxy) is 1. The zero-order chi connectivity index (χ0) is 25.2. The van der Waals surface area contributed by atoms with E-state index in [-0.39, 0.29) is 22.6 Å². The van der Waals surface area contributed by atoms with Gasteiger partial charge in [0.25, 0.3) is 11.1 Å². The smallest absolute Gasteiger partial charge is 0.416 e. The highest BCUT2D eigenvalue weighted by Crippen LogP contribution is 2.38. The summed E-state index contributed by atoms with van der Waals surface area (Å²) in [6, 6.07) is 8.14. The summed E-state index contributed by atoms with van der Waals surface area (Å²) in [7, 11) is 0. The molecule has 184 valence electrons. The summed E-state index contributed by atoms with van der Waals surface area (Å²) in [6.45, 7) is 0.431. The quantitative estimate of drug-likeness (QED) is 0.238. The SMILES string of the molecule is O=C1S/C(=C/c2ccc(Oc3ccc(C(F)(F)F)cc3[N+](=O)[O-])cc2)C(=O)N1CC1CCCCC1. The summed E-state index contributed by atoms with van der Waals surface area (Å²) in [6.07, 6.45) is 2.29. The van der Waals surface area contributed by atoms with Crippen LogP contribution >= 0.6 is 11.8 Å². The number of thioether (sulfide) groups is 1. The van der Waals surface area contributed by atoms with E-state index in [1.165, 1.54) is 23.5 Å². The van der Waals surface area contributed by atoms with Gasteiger partial charge in [0.15, 0.2) is 0 Å². The third-order valence-electron chi connectivity index (χ3n) is 5.93. The molecule has 2 fully saturated rings. The first-order chi connectivity index (χ1) is 16.6. The third-order valence-corrected chi connectivity index (χ3v) is 6.84. The number of hydrogen-bond acceptors (Lipinski definition) is 6. The van der Waals surface area contributed by atoms with Gasteiger partial charge >= 0.3 is 11.9 Å². The Kier molecular flexibility index (Phi) is 7.15. The van der Waals surface area contributed by atoms with Gasteiger partial charge in [-0.15, -0.1) is 0 Å². The molecule has 2 amide bonds. The topological polar surface area (TPSA) is 89.7 Å². The maximum absolute atomic E-state index is 12.9. The van der Waals surface area contributed by atoms with Crippen LogP contribution in [0.5, 0.6) is 11.5 Å². The van der Waals surface area contributed by atoms with E-state index in [4.69, 9.17) is 4.74 Å². The Hall–Kier alpha value is -3.34. The standard InChI is InChI=1S/C24H21F3N2O5S/c25-24(26,27)17-8-11-20(19(13-17)29(32)33)34-18-9-6-15(7-10-18)12-21-22(30)28(23(31)35-21)14-16-4-2-1-3-5-16/h6-13,16H,1-5,14H2/b21-12+. The lowest BCUT2D eigenvalue weighted by Crippen LogP contribution is -2.34. The Labute approximate surface area is 203 Å². The maximum Gasteiger partial charge on any atom is 0.416 e. The number of nitro groups is 1. The number of rotatable bonds is 6. The molecule has 1 aliphatic carbocycles. The normalized spacial score (nSPS) is 18.4.